The summed E-state index contributed by atoms with van der Waals surface area (Å²) >= 11 is 6.17. The third-order valence-corrected chi connectivity index (χ3v) is 5.63. The van der Waals surface area contributed by atoms with Crippen LogP contribution in [-0.4, -0.2) is 61.5 Å². The molecule has 0 aliphatic carbocycles. The zero-order chi connectivity index (χ0) is 21.0. The van der Waals surface area contributed by atoms with Crippen LogP contribution in [0.25, 0.3) is 0 Å². The van der Waals surface area contributed by atoms with Crippen LogP contribution < -0.4 is 9.47 Å². The molecule has 0 saturated carbocycles. The topological polar surface area (TPSA) is 59.1 Å². The second-order valence-electron chi connectivity index (χ2n) is 7.03. The van der Waals surface area contributed by atoms with Crippen LogP contribution in [-0.2, 0) is 4.79 Å². The molecular weight excluding hydrogens is 392 g/mol. The van der Waals surface area contributed by atoms with Crippen molar-refractivity contribution in [2.45, 2.75) is 13.8 Å². The van der Waals surface area contributed by atoms with Gasteiger partial charge in [0.05, 0.1) is 12.7 Å². The van der Waals surface area contributed by atoms with Crippen molar-refractivity contribution in [2.24, 2.45) is 0 Å². The number of halogens is 1. The van der Waals surface area contributed by atoms with Gasteiger partial charge < -0.3 is 19.3 Å². The van der Waals surface area contributed by atoms with Crippen LogP contribution in [0, 0.1) is 13.8 Å². The van der Waals surface area contributed by atoms with Gasteiger partial charge >= 0.3 is 0 Å². The Morgan fingerprint density at radius 1 is 1.00 bits per heavy atom. The summed E-state index contributed by atoms with van der Waals surface area (Å²) in [6.45, 7) is 5.66. The Bertz CT molecular complexity index is 884. The number of aryl methyl sites for hydroxylation is 2. The van der Waals surface area contributed by atoms with Crippen molar-refractivity contribution in [1.29, 1.82) is 0 Å². The van der Waals surface area contributed by atoms with E-state index in [0.717, 1.165) is 11.1 Å². The van der Waals surface area contributed by atoms with Crippen molar-refractivity contribution >= 4 is 23.4 Å². The Balaban J connectivity index is 1.54. The first kappa shape index (κ1) is 21.0. The number of nitrogens with zero attached hydrogens (tertiary/aromatic N) is 2. The molecule has 3 rings (SSSR count). The molecule has 0 spiro atoms. The molecule has 2 amide bonds. The number of piperazine rings is 1. The van der Waals surface area contributed by atoms with Crippen molar-refractivity contribution in [3.05, 3.63) is 58.1 Å². The highest BCUT2D eigenvalue weighted by Crippen LogP contribution is 2.26. The maximum absolute atomic E-state index is 12.8. The molecule has 0 N–H and O–H groups in total. The van der Waals surface area contributed by atoms with Gasteiger partial charge in [-0.1, -0.05) is 23.7 Å². The molecule has 6 nitrogen and oxygen atoms in total. The molecule has 1 saturated heterocycles. The summed E-state index contributed by atoms with van der Waals surface area (Å²) in [4.78, 5) is 28.7. The van der Waals surface area contributed by atoms with Gasteiger partial charge in [-0.25, -0.2) is 0 Å². The number of ether oxygens (including phenoxy) is 2. The number of hydrogen-bond acceptors (Lipinski definition) is 4. The van der Waals surface area contributed by atoms with Crippen molar-refractivity contribution in [2.75, 3.05) is 39.9 Å². The van der Waals surface area contributed by atoms with E-state index in [1.54, 1.807) is 29.0 Å². The first-order valence-corrected chi connectivity index (χ1v) is 9.88. The Morgan fingerprint density at radius 3 is 2.21 bits per heavy atom. The van der Waals surface area contributed by atoms with Crippen molar-refractivity contribution < 1.29 is 19.1 Å². The Labute approximate surface area is 176 Å². The van der Waals surface area contributed by atoms with E-state index in [4.69, 9.17) is 21.1 Å². The van der Waals surface area contributed by atoms with E-state index in [1.807, 2.05) is 38.1 Å². The lowest BCUT2D eigenvalue weighted by molar-refractivity contribution is -0.134. The molecule has 0 unspecified atom stereocenters. The normalized spacial score (nSPS) is 13.9. The van der Waals surface area contributed by atoms with E-state index in [1.165, 1.54) is 0 Å². The molecule has 0 aromatic heterocycles. The van der Waals surface area contributed by atoms with Gasteiger partial charge in [-0.05, 0) is 49.2 Å². The van der Waals surface area contributed by atoms with Gasteiger partial charge in [0.25, 0.3) is 11.8 Å². The lowest BCUT2D eigenvalue weighted by Crippen LogP contribution is -2.51. The van der Waals surface area contributed by atoms with E-state index in [9.17, 15) is 9.59 Å². The van der Waals surface area contributed by atoms with E-state index in [-0.39, 0.29) is 18.4 Å². The zero-order valence-electron chi connectivity index (χ0n) is 16.9. The smallest absolute Gasteiger partial charge is 0.260 e. The molecule has 7 heteroatoms. The van der Waals surface area contributed by atoms with Gasteiger partial charge in [0.1, 0.15) is 11.5 Å². The summed E-state index contributed by atoms with van der Waals surface area (Å²) < 4.78 is 10.9. The number of carbonyl (C=O) groups excluding carboxylic acids is 2. The van der Waals surface area contributed by atoms with Crippen LogP contribution in [0.15, 0.2) is 36.4 Å². The van der Waals surface area contributed by atoms with E-state index < -0.39 is 0 Å². The van der Waals surface area contributed by atoms with Gasteiger partial charge in [0.15, 0.2) is 6.61 Å². The number of benzene rings is 2. The van der Waals surface area contributed by atoms with Crippen molar-refractivity contribution in [1.82, 2.24) is 9.80 Å². The average molecular weight is 417 g/mol. The lowest BCUT2D eigenvalue weighted by atomic mass is 10.1. The minimum atomic E-state index is -0.0975. The van der Waals surface area contributed by atoms with E-state index in [0.29, 0.717) is 48.3 Å². The molecule has 1 aliphatic heterocycles. The molecule has 1 aliphatic rings. The highest BCUT2D eigenvalue weighted by Gasteiger charge is 2.26. The van der Waals surface area contributed by atoms with Crippen LogP contribution >= 0.6 is 11.6 Å². The van der Waals surface area contributed by atoms with Gasteiger partial charge in [-0.2, -0.15) is 0 Å². The molecule has 0 atom stereocenters. The number of carbonyl (C=O) groups is 2. The third-order valence-electron chi connectivity index (χ3n) is 5.03. The minimum absolute atomic E-state index is 0.0407. The van der Waals surface area contributed by atoms with Gasteiger partial charge in [-0.15, -0.1) is 0 Å². The van der Waals surface area contributed by atoms with Crippen LogP contribution in [0.4, 0.5) is 0 Å². The van der Waals surface area contributed by atoms with Gasteiger partial charge in [0, 0.05) is 31.2 Å². The van der Waals surface area contributed by atoms with Crippen molar-refractivity contribution in [3.63, 3.8) is 0 Å². The molecule has 154 valence electrons. The molecule has 1 fully saturated rings. The molecule has 29 heavy (non-hydrogen) atoms. The monoisotopic (exact) mass is 416 g/mol. The highest BCUT2D eigenvalue weighted by atomic mass is 35.5. The fourth-order valence-corrected chi connectivity index (χ4v) is 3.49. The molecule has 1 heterocycles. The van der Waals surface area contributed by atoms with Gasteiger partial charge in [0.2, 0.25) is 0 Å². The fraction of sp³-hybridized carbons (Fsp3) is 0.364. The predicted octanol–water partition coefficient (Wildman–Crippen LogP) is 3.33. The Morgan fingerprint density at radius 2 is 1.59 bits per heavy atom. The summed E-state index contributed by atoms with van der Waals surface area (Å²) in [7, 11) is 1.55. The van der Waals surface area contributed by atoms with E-state index >= 15 is 0 Å². The summed E-state index contributed by atoms with van der Waals surface area (Å²) in [5.74, 6) is 0.998. The average Bonchev–Trinajstić information content (AvgIpc) is 2.75. The molecule has 0 bridgehead atoms. The molecule has 2 aromatic rings. The fourth-order valence-electron chi connectivity index (χ4n) is 3.38. The van der Waals surface area contributed by atoms with Gasteiger partial charge in [-0.3, -0.25) is 9.59 Å². The lowest BCUT2D eigenvalue weighted by Gasteiger charge is -2.35. The standard InChI is InChI=1S/C22H25ClN2O4/c1-15-12-17(13-16(2)21(15)23)29-14-20(26)24-8-10-25(11-9-24)22(27)18-6-4-5-7-19(18)28-3/h4-7,12-13H,8-11,14H2,1-3H3. The summed E-state index contributed by atoms with van der Waals surface area (Å²) in [5.41, 5.74) is 2.36. The Hall–Kier alpha value is -2.73. The number of amides is 2. The van der Waals surface area contributed by atoms with Crippen molar-refractivity contribution in [3.8, 4) is 11.5 Å². The Kier molecular flexibility index (Phi) is 6.64. The first-order chi connectivity index (χ1) is 13.9. The number of hydrogen-bond donors (Lipinski definition) is 0. The van der Waals surface area contributed by atoms with Crippen LogP contribution in [0.5, 0.6) is 11.5 Å². The maximum atomic E-state index is 12.8. The number of rotatable bonds is 5. The second-order valence-corrected chi connectivity index (χ2v) is 7.41. The quantitative estimate of drug-likeness (QED) is 0.750. The molecule has 0 radical (unpaired) electrons. The van der Waals surface area contributed by atoms with Crippen LogP contribution in [0.1, 0.15) is 21.5 Å². The molecule has 2 aromatic carbocycles. The summed E-state index contributed by atoms with van der Waals surface area (Å²) in [6, 6.07) is 10.8. The first-order valence-electron chi connectivity index (χ1n) is 9.50. The predicted molar refractivity (Wildman–Crippen MR) is 112 cm³/mol. The van der Waals surface area contributed by atoms with E-state index in [2.05, 4.69) is 0 Å². The SMILES string of the molecule is COc1ccccc1C(=O)N1CCN(C(=O)COc2cc(C)c(Cl)c(C)c2)CC1. The highest BCUT2D eigenvalue weighted by molar-refractivity contribution is 6.32. The zero-order valence-corrected chi connectivity index (χ0v) is 17.7. The largest absolute Gasteiger partial charge is 0.496 e. The second kappa shape index (κ2) is 9.18. The third kappa shape index (κ3) is 4.82. The molecular formula is C22H25ClN2O4. The van der Waals surface area contributed by atoms with Crippen LogP contribution in [0.3, 0.4) is 0 Å². The van der Waals surface area contributed by atoms with Crippen LogP contribution in [0.2, 0.25) is 5.02 Å². The summed E-state index contributed by atoms with van der Waals surface area (Å²) in [5, 5.41) is 0.708. The minimum Gasteiger partial charge on any atom is -0.496 e. The maximum Gasteiger partial charge on any atom is 0.260 e. The summed E-state index contributed by atoms with van der Waals surface area (Å²) in [6.07, 6.45) is 0. The number of para-hydroxylation sites is 1. The number of methoxy groups -OCH3 is 1.